The number of benzene rings is 1. The van der Waals surface area contributed by atoms with Gasteiger partial charge >= 0.3 is 0 Å². The van der Waals surface area contributed by atoms with Crippen molar-refractivity contribution in [2.75, 3.05) is 6.61 Å². The molecule has 7 heteroatoms. The highest BCUT2D eigenvalue weighted by Crippen LogP contribution is 2.64. The van der Waals surface area contributed by atoms with Crippen molar-refractivity contribution in [1.29, 1.82) is 0 Å². The van der Waals surface area contributed by atoms with Gasteiger partial charge in [0, 0.05) is 16.6 Å². The van der Waals surface area contributed by atoms with Crippen LogP contribution in [-0.4, -0.2) is 64.7 Å². The van der Waals surface area contributed by atoms with Gasteiger partial charge in [0.1, 0.15) is 24.6 Å². The number of ketones is 1. The van der Waals surface area contributed by atoms with E-state index >= 15 is 0 Å². The van der Waals surface area contributed by atoms with Crippen molar-refractivity contribution in [1.82, 2.24) is 0 Å². The Morgan fingerprint density at radius 2 is 1.79 bits per heavy atom. The minimum atomic E-state index is -1.44. The number of aliphatic hydroxyl groups is 3. The van der Waals surface area contributed by atoms with Crippen molar-refractivity contribution in [3.8, 4) is 0 Å². The van der Waals surface area contributed by atoms with E-state index in [2.05, 4.69) is 27.7 Å². The summed E-state index contributed by atoms with van der Waals surface area (Å²) in [6.07, 6.45) is 1.04. The highest BCUT2D eigenvalue weighted by atomic mass is 16.7. The molecule has 3 aliphatic carbocycles. The molecule has 0 amide bonds. The number of hydrogen-bond donors (Lipinski definition) is 3. The van der Waals surface area contributed by atoms with E-state index < -0.39 is 42.0 Å². The summed E-state index contributed by atoms with van der Waals surface area (Å²) in [7, 11) is 0. The maximum absolute atomic E-state index is 13.9. The number of ether oxygens (including phenoxy) is 2. The predicted molar refractivity (Wildman–Crippen MR) is 146 cm³/mol. The van der Waals surface area contributed by atoms with Crippen LogP contribution in [0.1, 0.15) is 70.2 Å². The van der Waals surface area contributed by atoms with Gasteiger partial charge in [-0.25, -0.2) is 0 Å². The maximum Gasteiger partial charge on any atom is 0.186 e. The molecule has 0 unspecified atom stereocenters. The zero-order valence-corrected chi connectivity index (χ0v) is 23.4. The number of aliphatic hydroxyl groups excluding tert-OH is 3. The Labute approximate surface area is 230 Å². The van der Waals surface area contributed by atoms with Crippen LogP contribution < -0.4 is 0 Å². The highest BCUT2D eigenvalue weighted by molar-refractivity contribution is 6.03. The molecule has 5 rings (SSSR count). The maximum atomic E-state index is 13.9. The van der Waals surface area contributed by atoms with Crippen LogP contribution in [0.2, 0.25) is 0 Å². The van der Waals surface area contributed by atoms with E-state index in [0.717, 1.165) is 32.0 Å². The van der Waals surface area contributed by atoms with Gasteiger partial charge in [-0.15, -0.1) is 0 Å². The SMILES string of the molecule is CC(C)C1=C2[C@H]3C[C@@H](C(=O)c4ccccc4)C(C=O)=C[C@H](O[C@@H]4OC[C@@H](O)[C@H](O)[C@H]4O)[C@]3(C)CC[C@@]2(C)CC1. The number of Topliss-reactive ketones (excluding diaryl/α,β-unsaturated/α-hetero) is 1. The van der Waals surface area contributed by atoms with Gasteiger partial charge in [0.2, 0.25) is 0 Å². The lowest BCUT2D eigenvalue weighted by Gasteiger charge is -2.53. The second kappa shape index (κ2) is 10.7. The molecule has 1 aromatic carbocycles. The normalized spacial score (nSPS) is 40.5. The summed E-state index contributed by atoms with van der Waals surface area (Å²) in [4.78, 5) is 26.5. The van der Waals surface area contributed by atoms with Crippen LogP contribution in [0.5, 0.6) is 0 Å². The summed E-state index contributed by atoms with van der Waals surface area (Å²) in [5, 5.41) is 31.0. The molecular weight excluding hydrogens is 496 g/mol. The zero-order chi connectivity index (χ0) is 28.1. The fourth-order valence-electron chi connectivity index (χ4n) is 7.62. The third kappa shape index (κ3) is 4.87. The molecule has 0 radical (unpaired) electrons. The molecule has 9 atom stereocenters. The first kappa shape index (κ1) is 28.4. The molecule has 1 aliphatic heterocycles. The molecule has 1 saturated carbocycles. The number of rotatable bonds is 6. The first-order valence-corrected chi connectivity index (χ1v) is 14.3. The molecule has 1 aromatic rings. The lowest BCUT2D eigenvalue weighted by molar-refractivity contribution is -0.289. The summed E-state index contributed by atoms with van der Waals surface area (Å²) < 4.78 is 12.1. The highest BCUT2D eigenvalue weighted by Gasteiger charge is 2.57. The summed E-state index contributed by atoms with van der Waals surface area (Å²) in [6.45, 7) is 8.79. The molecule has 0 bridgehead atoms. The number of carbonyl (C=O) groups excluding carboxylic acids is 2. The largest absolute Gasteiger partial charge is 0.388 e. The average Bonchev–Trinajstić information content (AvgIpc) is 3.23. The molecule has 0 spiro atoms. The summed E-state index contributed by atoms with van der Waals surface area (Å²) in [5.74, 6) is -0.366. The first-order valence-electron chi connectivity index (χ1n) is 14.3. The van der Waals surface area contributed by atoms with E-state index in [-0.39, 0.29) is 23.7 Å². The van der Waals surface area contributed by atoms with E-state index in [1.165, 1.54) is 11.1 Å². The van der Waals surface area contributed by atoms with Gasteiger partial charge in [-0.3, -0.25) is 9.59 Å². The molecule has 1 saturated heterocycles. The van der Waals surface area contributed by atoms with Crippen LogP contribution in [0.15, 0.2) is 53.1 Å². The Morgan fingerprint density at radius 3 is 2.46 bits per heavy atom. The number of fused-ring (bicyclic) bond motifs is 3. The summed E-state index contributed by atoms with van der Waals surface area (Å²) >= 11 is 0. The standard InChI is InChI=1S/C32H42O7/c1-18(2)21-10-11-31(3)12-13-32(4)23(26(21)31)15-22(27(35)19-8-6-5-7-9-19)20(16-33)14-25(32)39-30-29(37)28(36)24(34)17-38-30/h5-9,14,16,18,22-25,28-30,34,36-37H,10-13,15,17H2,1-4H3/t22-,23-,24-,25+,28+,29-,30+,31-,32-/m1/s1. The van der Waals surface area contributed by atoms with Gasteiger partial charge < -0.3 is 24.8 Å². The van der Waals surface area contributed by atoms with Crippen LogP contribution in [-0.2, 0) is 14.3 Å². The Morgan fingerprint density at radius 1 is 1.08 bits per heavy atom. The van der Waals surface area contributed by atoms with Crippen molar-refractivity contribution in [2.45, 2.75) is 90.5 Å². The van der Waals surface area contributed by atoms with Gasteiger partial charge in [-0.1, -0.05) is 69.2 Å². The summed E-state index contributed by atoms with van der Waals surface area (Å²) in [6, 6.07) is 9.12. The smallest absolute Gasteiger partial charge is 0.186 e. The van der Waals surface area contributed by atoms with E-state index in [0.29, 0.717) is 23.5 Å². The average molecular weight is 539 g/mol. The molecule has 39 heavy (non-hydrogen) atoms. The van der Waals surface area contributed by atoms with Gasteiger partial charge in [-0.2, -0.15) is 0 Å². The van der Waals surface area contributed by atoms with Gasteiger partial charge in [0.05, 0.1) is 18.6 Å². The lowest BCUT2D eigenvalue weighted by atomic mass is 9.53. The van der Waals surface area contributed by atoms with Crippen molar-refractivity contribution < 1.29 is 34.4 Å². The molecule has 2 fully saturated rings. The van der Waals surface area contributed by atoms with Crippen molar-refractivity contribution >= 4 is 12.1 Å². The molecule has 3 N–H and O–H groups in total. The predicted octanol–water partition coefficient (Wildman–Crippen LogP) is 4.01. The van der Waals surface area contributed by atoms with Crippen molar-refractivity contribution in [3.05, 3.63) is 58.7 Å². The Bertz CT molecular complexity index is 1160. The molecule has 1 heterocycles. The second-order valence-corrected chi connectivity index (χ2v) is 12.8. The van der Waals surface area contributed by atoms with E-state index in [1.807, 2.05) is 18.2 Å². The molecule has 7 nitrogen and oxygen atoms in total. The zero-order valence-electron chi connectivity index (χ0n) is 23.4. The third-order valence-corrected chi connectivity index (χ3v) is 10.1. The van der Waals surface area contributed by atoms with E-state index in [9.17, 15) is 24.9 Å². The van der Waals surface area contributed by atoms with Gasteiger partial charge in [-0.05, 0) is 55.4 Å². The van der Waals surface area contributed by atoms with E-state index in [1.54, 1.807) is 18.2 Å². The quantitative estimate of drug-likeness (QED) is 0.285. The topological polar surface area (TPSA) is 113 Å². The lowest BCUT2D eigenvalue weighted by Crippen LogP contribution is -2.56. The van der Waals surface area contributed by atoms with Crippen LogP contribution in [0.25, 0.3) is 0 Å². The number of aldehydes is 1. The monoisotopic (exact) mass is 538 g/mol. The fourth-order valence-corrected chi connectivity index (χ4v) is 7.62. The van der Waals surface area contributed by atoms with Gasteiger partial charge in [0.25, 0.3) is 0 Å². The first-order chi connectivity index (χ1) is 18.5. The minimum Gasteiger partial charge on any atom is -0.388 e. The van der Waals surface area contributed by atoms with Crippen LogP contribution in [0, 0.1) is 28.6 Å². The Hall–Kier alpha value is -2.16. The van der Waals surface area contributed by atoms with Crippen LogP contribution in [0.4, 0.5) is 0 Å². The molecule has 0 aromatic heterocycles. The minimum absolute atomic E-state index is 0.0243. The Kier molecular flexibility index (Phi) is 7.77. The number of allylic oxidation sites excluding steroid dienone is 3. The number of carbonyl (C=O) groups is 2. The van der Waals surface area contributed by atoms with Gasteiger partial charge in [0.15, 0.2) is 12.1 Å². The summed E-state index contributed by atoms with van der Waals surface area (Å²) in [5.41, 5.74) is 3.35. The Balaban J connectivity index is 1.62. The third-order valence-electron chi connectivity index (χ3n) is 10.1. The van der Waals surface area contributed by atoms with Crippen molar-refractivity contribution in [2.24, 2.45) is 28.6 Å². The molecule has 4 aliphatic rings. The molecular formula is C32H42O7. The molecule has 212 valence electrons. The fraction of sp³-hybridized carbons (Fsp3) is 0.625. The van der Waals surface area contributed by atoms with Crippen molar-refractivity contribution in [3.63, 3.8) is 0 Å². The second-order valence-electron chi connectivity index (χ2n) is 12.8. The van der Waals surface area contributed by atoms with Crippen LogP contribution in [0.3, 0.4) is 0 Å². The van der Waals surface area contributed by atoms with E-state index in [4.69, 9.17) is 9.47 Å². The van der Waals surface area contributed by atoms with Crippen LogP contribution >= 0.6 is 0 Å². The number of hydrogen-bond acceptors (Lipinski definition) is 7.